The number of aliphatic imine (C=N–C) groups is 1. The molecule has 0 amide bonds. The highest BCUT2D eigenvalue weighted by Gasteiger charge is 2.20. The Morgan fingerprint density at radius 1 is 1.50 bits per heavy atom. The van der Waals surface area contributed by atoms with Crippen molar-refractivity contribution >= 4 is 6.21 Å². The Bertz CT molecular complexity index is 264. The maximum atomic E-state index is 4.20. The summed E-state index contributed by atoms with van der Waals surface area (Å²) < 4.78 is 0. The molecule has 0 aromatic heterocycles. The largest absolute Gasteiger partial charge is 0.291 e. The van der Waals surface area contributed by atoms with Gasteiger partial charge in [0.25, 0.3) is 0 Å². The Hall–Kier alpha value is -1.29. The molecule has 64 valence electrons. The van der Waals surface area contributed by atoms with Gasteiger partial charge in [0.1, 0.15) is 0 Å². The molecular formula is C8H12N4. The van der Waals surface area contributed by atoms with Gasteiger partial charge in [-0.3, -0.25) is 5.01 Å². The lowest BCUT2D eigenvalue weighted by Crippen LogP contribution is -2.41. The molecule has 0 fully saturated rings. The minimum absolute atomic E-state index is 0.437. The molecule has 2 aliphatic rings. The third-order valence-electron chi connectivity index (χ3n) is 1.81. The van der Waals surface area contributed by atoms with Crippen molar-refractivity contribution in [2.24, 2.45) is 4.99 Å². The smallest absolute Gasteiger partial charge is 0.166 e. The Balaban J connectivity index is 2.17. The maximum absolute atomic E-state index is 4.20. The first-order valence-corrected chi connectivity index (χ1v) is 4.04. The normalized spacial score (nSPS) is 20.4. The van der Waals surface area contributed by atoms with Crippen molar-refractivity contribution < 1.29 is 0 Å². The summed E-state index contributed by atoms with van der Waals surface area (Å²) in [5.74, 6) is 0.936. The minimum atomic E-state index is 0.437. The van der Waals surface area contributed by atoms with Crippen LogP contribution in [0.25, 0.3) is 0 Å². The van der Waals surface area contributed by atoms with Crippen LogP contribution in [0.2, 0.25) is 0 Å². The van der Waals surface area contributed by atoms with Crippen LogP contribution in [-0.2, 0) is 0 Å². The molecular weight excluding hydrogens is 152 g/mol. The summed E-state index contributed by atoms with van der Waals surface area (Å²) in [5, 5.41) is 3.91. The molecule has 1 N–H and O–H groups in total. The molecule has 12 heavy (non-hydrogen) atoms. The summed E-state index contributed by atoms with van der Waals surface area (Å²) in [4.78, 5) is 4.20. The summed E-state index contributed by atoms with van der Waals surface area (Å²) in [6.07, 6.45) is 7.62. The summed E-state index contributed by atoms with van der Waals surface area (Å²) in [7, 11) is 0. The quantitative estimate of drug-likeness (QED) is 0.622. The van der Waals surface area contributed by atoms with Crippen LogP contribution in [0.3, 0.4) is 0 Å². The van der Waals surface area contributed by atoms with Gasteiger partial charge in [-0.05, 0) is 19.9 Å². The van der Waals surface area contributed by atoms with E-state index in [2.05, 4.69) is 24.4 Å². The van der Waals surface area contributed by atoms with E-state index in [-0.39, 0.29) is 0 Å². The first-order valence-electron chi connectivity index (χ1n) is 4.04. The van der Waals surface area contributed by atoms with Gasteiger partial charge in [-0.15, -0.1) is 5.53 Å². The van der Waals surface area contributed by atoms with E-state index in [4.69, 9.17) is 0 Å². The highest BCUT2D eigenvalue weighted by molar-refractivity contribution is 5.73. The number of hydrogen-bond donors (Lipinski definition) is 1. The lowest BCUT2D eigenvalue weighted by atomic mass is 10.4. The average Bonchev–Trinajstić information content (AvgIpc) is 2.46. The Morgan fingerprint density at radius 3 is 3.00 bits per heavy atom. The predicted molar refractivity (Wildman–Crippen MR) is 47.7 cm³/mol. The summed E-state index contributed by atoms with van der Waals surface area (Å²) in [6, 6.07) is 0.437. The minimum Gasteiger partial charge on any atom is -0.291 e. The molecule has 0 saturated carbocycles. The monoisotopic (exact) mass is 164 g/mol. The van der Waals surface area contributed by atoms with Crippen LogP contribution in [0.4, 0.5) is 0 Å². The van der Waals surface area contributed by atoms with Gasteiger partial charge in [-0.1, -0.05) is 0 Å². The molecule has 2 heterocycles. The highest BCUT2D eigenvalue weighted by atomic mass is 15.8. The molecule has 2 aliphatic heterocycles. The molecule has 0 aromatic carbocycles. The third-order valence-corrected chi connectivity index (χ3v) is 1.81. The topological polar surface area (TPSA) is 30.9 Å². The number of rotatable bonds is 1. The van der Waals surface area contributed by atoms with Crippen LogP contribution in [0.5, 0.6) is 0 Å². The van der Waals surface area contributed by atoms with Gasteiger partial charge in [-0.2, -0.15) is 0 Å². The molecule has 0 spiro atoms. The fraction of sp³-hybridized carbons (Fsp3) is 0.375. The van der Waals surface area contributed by atoms with Crippen LogP contribution in [0.15, 0.2) is 29.3 Å². The van der Waals surface area contributed by atoms with E-state index >= 15 is 0 Å². The molecule has 4 heteroatoms. The molecule has 2 rings (SSSR count). The standard InChI is InChI=1S/C8H12N4/c1-7(2)12-6-8-9-4-3-5-11(8)10-12/h3-7,10H,1-2H3. The molecule has 0 unspecified atom stereocenters. The number of nitrogens with zero attached hydrogens (tertiary/aromatic N) is 3. The number of hydrazine groups is 2. The second-order valence-corrected chi connectivity index (χ2v) is 3.08. The second-order valence-electron chi connectivity index (χ2n) is 3.08. The van der Waals surface area contributed by atoms with Crippen molar-refractivity contribution in [1.29, 1.82) is 0 Å². The highest BCUT2D eigenvalue weighted by Crippen LogP contribution is 2.16. The van der Waals surface area contributed by atoms with Crippen molar-refractivity contribution in [3.05, 3.63) is 24.3 Å². The molecule has 4 nitrogen and oxygen atoms in total. The van der Waals surface area contributed by atoms with Gasteiger partial charge in [0.05, 0.1) is 6.20 Å². The van der Waals surface area contributed by atoms with Crippen LogP contribution in [-0.4, -0.2) is 22.3 Å². The van der Waals surface area contributed by atoms with Crippen molar-refractivity contribution in [1.82, 2.24) is 15.6 Å². The molecule has 0 aromatic rings. The zero-order chi connectivity index (χ0) is 8.55. The molecule has 0 aliphatic carbocycles. The molecule has 0 bridgehead atoms. The van der Waals surface area contributed by atoms with E-state index in [1.54, 1.807) is 6.21 Å². The zero-order valence-electron chi connectivity index (χ0n) is 7.23. The van der Waals surface area contributed by atoms with Gasteiger partial charge < -0.3 is 0 Å². The van der Waals surface area contributed by atoms with E-state index < -0.39 is 0 Å². The van der Waals surface area contributed by atoms with Crippen molar-refractivity contribution in [3.63, 3.8) is 0 Å². The summed E-state index contributed by atoms with van der Waals surface area (Å²) in [5.41, 5.74) is 3.17. The van der Waals surface area contributed by atoms with E-state index in [1.807, 2.05) is 28.5 Å². The van der Waals surface area contributed by atoms with E-state index in [0.717, 1.165) is 5.82 Å². The van der Waals surface area contributed by atoms with E-state index in [9.17, 15) is 0 Å². The first-order chi connectivity index (χ1) is 5.77. The van der Waals surface area contributed by atoms with Gasteiger partial charge in [0.2, 0.25) is 0 Å². The fourth-order valence-electron chi connectivity index (χ4n) is 1.10. The van der Waals surface area contributed by atoms with Gasteiger partial charge in [0, 0.05) is 18.5 Å². The second kappa shape index (κ2) is 2.64. The third kappa shape index (κ3) is 1.10. The maximum Gasteiger partial charge on any atom is 0.166 e. The number of fused-ring (bicyclic) bond motifs is 1. The Labute approximate surface area is 71.8 Å². The summed E-state index contributed by atoms with van der Waals surface area (Å²) in [6.45, 7) is 4.24. The Kier molecular flexibility index (Phi) is 1.62. The van der Waals surface area contributed by atoms with Crippen molar-refractivity contribution in [2.75, 3.05) is 0 Å². The van der Waals surface area contributed by atoms with Crippen LogP contribution in [0, 0.1) is 0 Å². The van der Waals surface area contributed by atoms with Crippen molar-refractivity contribution in [2.45, 2.75) is 19.9 Å². The van der Waals surface area contributed by atoms with Gasteiger partial charge in [-0.25, -0.2) is 10.0 Å². The van der Waals surface area contributed by atoms with Crippen LogP contribution in [0.1, 0.15) is 13.8 Å². The molecule has 0 atom stereocenters. The van der Waals surface area contributed by atoms with E-state index in [0.29, 0.717) is 6.04 Å². The number of hydrogen-bond acceptors (Lipinski definition) is 4. The number of allylic oxidation sites excluding steroid dienone is 1. The average molecular weight is 164 g/mol. The van der Waals surface area contributed by atoms with Crippen LogP contribution >= 0.6 is 0 Å². The lowest BCUT2D eigenvalue weighted by molar-refractivity contribution is 0.140. The Morgan fingerprint density at radius 2 is 2.33 bits per heavy atom. The first kappa shape index (κ1) is 7.36. The molecule has 0 saturated heterocycles. The zero-order valence-corrected chi connectivity index (χ0v) is 7.23. The van der Waals surface area contributed by atoms with E-state index in [1.165, 1.54) is 0 Å². The SMILES string of the molecule is CC(C)N1C=C2N=CC=CN2N1. The fourth-order valence-corrected chi connectivity index (χ4v) is 1.10. The summed E-state index contributed by atoms with van der Waals surface area (Å²) >= 11 is 0. The van der Waals surface area contributed by atoms with Gasteiger partial charge >= 0.3 is 0 Å². The van der Waals surface area contributed by atoms with Crippen molar-refractivity contribution in [3.8, 4) is 0 Å². The molecule has 0 radical (unpaired) electrons. The number of nitrogens with one attached hydrogen (secondary N) is 1. The predicted octanol–water partition coefficient (Wildman–Crippen LogP) is 0.829. The lowest BCUT2D eigenvalue weighted by Gasteiger charge is -2.23. The van der Waals surface area contributed by atoms with Crippen LogP contribution < -0.4 is 5.53 Å². The van der Waals surface area contributed by atoms with Gasteiger partial charge in [0.15, 0.2) is 5.82 Å².